The zero-order valence-corrected chi connectivity index (χ0v) is 12.1. The van der Waals surface area contributed by atoms with Crippen LogP contribution in [0.4, 0.5) is 0 Å². The second kappa shape index (κ2) is 4.97. The molecular weight excluding hydrogens is 292 g/mol. The number of hydrogen-bond donors (Lipinski definition) is 0. The second-order valence-electron chi connectivity index (χ2n) is 5.10. The van der Waals surface area contributed by atoms with Crippen LogP contribution < -0.4 is 0 Å². The molecule has 2 aromatic rings. The first kappa shape index (κ1) is 12.1. The molecule has 96 valence electrons. The normalized spacial score (nSPS) is 18.6. The zero-order chi connectivity index (χ0) is 12.5. The van der Waals surface area contributed by atoms with E-state index in [1.54, 1.807) is 0 Å². The van der Waals surface area contributed by atoms with Crippen LogP contribution >= 0.6 is 15.9 Å². The maximum absolute atomic E-state index is 4.59. The van der Waals surface area contributed by atoms with Crippen molar-refractivity contribution in [3.05, 3.63) is 28.6 Å². The Hall–Kier alpha value is -0.940. The lowest BCUT2D eigenvalue weighted by atomic mass is 9.94. The summed E-state index contributed by atoms with van der Waals surface area (Å²) >= 11 is 3.50. The van der Waals surface area contributed by atoms with Gasteiger partial charge in [-0.3, -0.25) is 0 Å². The summed E-state index contributed by atoms with van der Waals surface area (Å²) in [5, 5.41) is 4.57. The largest absolute Gasteiger partial charge is 0.306 e. The Morgan fingerprint density at radius 1 is 1.33 bits per heavy atom. The van der Waals surface area contributed by atoms with Gasteiger partial charge in [-0.15, -0.1) is 0 Å². The number of halogens is 1. The molecule has 3 rings (SSSR count). The number of hydrogen-bond acceptors (Lipinski definition) is 3. The van der Waals surface area contributed by atoms with Gasteiger partial charge in [-0.25, -0.2) is 9.50 Å². The van der Waals surface area contributed by atoms with Crippen molar-refractivity contribution in [1.29, 1.82) is 0 Å². The first-order chi connectivity index (χ1) is 8.72. The number of rotatable bonds is 2. The van der Waals surface area contributed by atoms with Gasteiger partial charge in [0.25, 0.3) is 0 Å². The summed E-state index contributed by atoms with van der Waals surface area (Å²) in [5.74, 6) is 1.70. The molecule has 1 fully saturated rings. The molecule has 0 aliphatic carbocycles. The molecule has 0 N–H and O–H groups in total. The third-order valence-corrected chi connectivity index (χ3v) is 4.27. The van der Waals surface area contributed by atoms with Crippen molar-refractivity contribution in [3.8, 4) is 0 Å². The molecule has 4 nitrogen and oxygen atoms in total. The van der Waals surface area contributed by atoms with Crippen LogP contribution in [0.15, 0.2) is 22.8 Å². The van der Waals surface area contributed by atoms with Gasteiger partial charge in [0, 0.05) is 6.42 Å². The Balaban J connectivity index is 1.77. The summed E-state index contributed by atoms with van der Waals surface area (Å²) in [4.78, 5) is 6.99. The van der Waals surface area contributed by atoms with Gasteiger partial charge in [0.15, 0.2) is 11.5 Å². The van der Waals surface area contributed by atoms with Crippen LogP contribution in [0.2, 0.25) is 0 Å². The highest BCUT2D eigenvalue weighted by Crippen LogP contribution is 2.20. The summed E-state index contributed by atoms with van der Waals surface area (Å²) in [7, 11) is 2.19. The topological polar surface area (TPSA) is 33.4 Å². The number of fused-ring (bicyclic) bond motifs is 1. The van der Waals surface area contributed by atoms with E-state index in [1.165, 1.54) is 25.9 Å². The van der Waals surface area contributed by atoms with E-state index in [0.29, 0.717) is 0 Å². The number of pyridine rings is 1. The Morgan fingerprint density at radius 2 is 2.11 bits per heavy atom. The minimum absolute atomic E-state index is 0.734. The molecule has 1 aliphatic heterocycles. The van der Waals surface area contributed by atoms with E-state index in [-0.39, 0.29) is 0 Å². The molecule has 0 aromatic carbocycles. The third-order valence-electron chi connectivity index (χ3n) is 3.67. The van der Waals surface area contributed by atoms with E-state index in [9.17, 15) is 0 Å². The molecule has 0 unspecified atom stereocenters. The maximum atomic E-state index is 4.59. The Labute approximate surface area is 115 Å². The second-order valence-corrected chi connectivity index (χ2v) is 5.91. The molecule has 1 aliphatic rings. The smallest absolute Gasteiger partial charge is 0.156 e. The number of aromatic nitrogens is 3. The van der Waals surface area contributed by atoms with Crippen LogP contribution in [-0.2, 0) is 6.42 Å². The highest BCUT2D eigenvalue weighted by Gasteiger charge is 2.19. The molecule has 1 saturated heterocycles. The number of piperidine rings is 1. The Kier molecular flexibility index (Phi) is 3.35. The molecular formula is C13H17BrN4. The van der Waals surface area contributed by atoms with E-state index in [1.807, 2.05) is 22.7 Å². The van der Waals surface area contributed by atoms with Crippen molar-refractivity contribution in [3.63, 3.8) is 0 Å². The summed E-state index contributed by atoms with van der Waals surface area (Å²) < 4.78 is 2.83. The van der Waals surface area contributed by atoms with Gasteiger partial charge in [-0.2, -0.15) is 5.10 Å². The molecule has 5 heteroatoms. The number of nitrogens with zero attached hydrogens (tertiary/aromatic N) is 4. The predicted molar refractivity (Wildman–Crippen MR) is 74.6 cm³/mol. The van der Waals surface area contributed by atoms with E-state index in [4.69, 9.17) is 0 Å². The lowest BCUT2D eigenvalue weighted by Crippen LogP contribution is -2.31. The molecule has 0 bridgehead atoms. The van der Waals surface area contributed by atoms with Crippen LogP contribution in [0, 0.1) is 5.92 Å². The Morgan fingerprint density at radius 3 is 2.83 bits per heavy atom. The highest BCUT2D eigenvalue weighted by atomic mass is 79.9. The SMILES string of the molecule is CN1CCC(Cc2nc3cccc(Br)n3n2)CC1. The average Bonchev–Trinajstić information content (AvgIpc) is 2.76. The van der Waals surface area contributed by atoms with Crippen LogP contribution in [0.3, 0.4) is 0 Å². The van der Waals surface area contributed by atoms with Gasteiger partial charge in [-0.1, -0.05) is 6.07 Å². The first-order valence-corrected chi connectivity index (χ1v) is 7.20. The molecule has 18 heavy (non-hydrogen) atoms. The lowest BCUT2D eigenvalue weighted by Gasteiger charge is -2.28. The van der Waals surface area contributed by atoms with E-state index < -0.39 is 0 Å². The molecule has 3 heterocycles. The fourth-order valence-electron chi connectivity index (χ4n) is 2.53. The van der Waals surface area contributed by atoms with Crippen LogP contribution in [0.5, 0.6) is 0 Å². The van der Waals surface area contributed by atoms with E-state index >= 15 is 0 Å². The van der Waals surface area contributed by atoms with Crippen LogP contribution in [0.1, 0.15) is 18.7 Å². The summed E-state index contributed by atoms with van der Waals surface area (Å²) in [6.07, 6.45) is 3.52. The van der Waals surface area contributed by atoms with Gasteiger partial charge in [-0.05, 0) is 67.0 Å². The Bertz CT molecular complexity index is 543. The molecule has 0 amide bonds. The third kappa shape index (κ3) is 2.42. The summed E-state index contributed by atoms with van der Waals surface area (Å²) in [5.41, 5.74) is 0.923. The van der Waals surface area contributed by atoms with Crippen molar-refractivity contribution in [1.82, 2.24) is 19.5 Å². The van der Waals surface area contributed by atoms with Crippen molar-refractivity contribution in [2.45, 2.75) is 19.3 Å². The monoisotopic (exact) mass is 308 g/mol. The quantitative estimate of drug-likeness (QED) is 0.799. The minimum atomic E-state index is 0.734. The zero-order valence-electron chi connectivity index (χ0n) is 10.5. The van der Waals surface area contributed by atoms with Gasteiger partial charge < -0.3 is 4.90 Å². The van der Waals surface area contributed by atoms with Crippen LogP contribution in [-0.4, -0.2) is 39.6 Å². The molecule has 2 aromatic heterocycles. The summed E-state index contributed by atoms with van der Waals surface area (Å²) in [6.45, 7) is 2.39. The van der Waals surface area contributed by atoms with Gasteiger partial charge in [0.2, 0.25) is 0 Å². The predicted octanol–water partition coefficient (Wildman–Crippen LogP) is 2.38. The van der Waals surface area contributed by atoms with Gasteiger partial charge in [0.05, 0.1) is 0 Å². The van der Waals surface area contributed by atoms with Crippen molar-refractivity contribution in [2.75, 3.05) is 20.1 Å². The fourth-order valence-corrected chi connectivity index (χ4v) is 2.94. The molecule has 0 radical (unpaired) electrons. The summed E-state index contributed by atoms with van der Waals surface area (Å²) in [6, 6.07) is 5.98. The lowest BCUT2D eigenvalue weighted by molar-refractivity contribution is 0.217. The highest BCUT2D eigenvalue weighted by molar-refractivity contribution is 9.10. The first-order valence-electron chi connectivity index (χ1n) is 6.41. The number of likely N-dealkylation sites (tertiary alicyclic amines) is 1. The van der Waals surface area contributed by atoms with Gasteiger partial charge >= 0.3 is 0 Å². The maximum Gasteiger partial charge on any atom is 0.156 e. The van der Waals surface area contributed by atoms with Crippen molar-refractivity contribution >= 4 is 21.6 Å². The van der Waals surface area contributed by atoms with E-state index in [0.717, 1.165) is 28.4 Å². The fraction of sp³-hybridized carbons (Fsp3) is 0.538. The van der Waals surface area contributed by atoms with Gasteiger partial charge in [0.1, 0.15) is 4.60 Å². The van der Waals surface area contributed by atoms with E-state index in [2.05, 4.69) is 38.0 Å². The van der Waals surface area contributed by atoms with Crippen molar-refractivity contribution in [2.24, 2.45) is 5.92 Å². The molecule has 0 saturated carbocycles. The molecule has 0 spiro atoms. The average molecular weight is 309 g/mol. The van der Waals surface area contributed by atoms with Crippen molar-refractivity contribution < 1.29 is 0 Å². The minimum Gasteiger partial charge on any atom is -0.306 e. The standard InChI is InChI=1S/C13H17BrN4/c1-17-7-5-10(6-8-17)9-12-15-13-4-2-3-11(14)18(13)16-12/h2-4,10H,5-9H2,1H3. The molecule has 0 atom stereocenters. The van der Waals surface area contributed by atoms with Crippen LogP contribution in [0.25, 0.3) is 5.65 Å².